The number of piperazine rings is 1. The maximum absolute atomic E-state index is 13.5. The number of urea groups is 1. The number of aryl methyl sites for hydroxylation is 1. The van der Waals surface area contributed by atoms with Crippen molar-refractivity contribution in [2.24, 2.45) is 5.92 Å². The molecule has 0 radical (unpaired) electrons. The van der Waals surface area contributed by atoms with Crippen molar-refractivity contribution in [1.29, 1.82) is 5.26 Å². The number of ether oxygens (including phenoxy) is 1. The molecule has 0 spiro atoms. The molecule has 3 amide bonds. The average Bonchev–Trinajstić information content (AvgIpc) is 3.41. The number of carbonyl (C=O) groups is 2. The largest absolute Gasteiger partial charge is 0.481 e. The number of anilines is 2. The molecule has 1 saturated heterocycles. The fourth-order valence-corrected chi connectivity index (χ4v) is 7.07. The Balaban J connectivity index is 1.34. The molecule has 4 heterocycles. The van der Waals surface area contributed by atoms with Crippen LogP contribution in [0.15, 0.2) is 18.3 Å². The summed E-state index contributed by atoms with van der Waals surface area (Å²) in [4.78, 5) is 40.6. The van der Waals surface area contributed by atoms with Crippen molar-refractivity contribution in [2.75, 3.05) is 56.8 Å². The summed E-state index contributed by atoms with van der Waals surface area (Å²) in [5.41, 5.74) is 3.29. The molecule has 1 aliphatic carbocycles. The molecule has 2 aliphatic heterocycles. The van der Waals surface area contributed by atoms with Gasteiger partial charge in [-0.3, -0.25) is 19.9 Å². The van der Waals surface area contributed by atoms with Gasteiger partial charge >= 0.3 is 6.03 Å². The van der Waals surface area contributed by atoms with Gasteiger partial charge in [-0.25, -0.2) is 9.78 Å². The second-order valence-electron chi connectivity index (χ2n) is 10.9. The van der Waals surface area contributed by atoms with Crippen LogP contribution < -0.4 is 15.0 Å². The van der Waals surface area contributed by atoms with Crippen molar-refractivity contribution < 1.29 is 14.3 Å². The zero-order valence-corrected chi connectivity index (χ0v) is 24.3. The summed E-state index contributed by atoms with van der Waals surface area (Å²) in [6, 6.07) is 5.82. The van der Waals surface area contributed by atoms with Gasteiger partial charge in [0, 0.05) is 36.6 Å². The van der Waals surface area contributed by atoms with Crippen molar-refractivity contribution in [1.82, 2.24) is 19.8 Å². The minimum Gasteiger partial charge on any atom is -0.481 e. The minimum atomic E-state index is -0.316. The second-order valence-corrected chi connectivity index (χ2v) is 12.0. The van der Waals surface area contributed by atoms with Gasteiger partial charge in [0.1, 0.15) is 17.7 Å². The number of amides is 3. The lowest BCUT2D eigenvalue weighted by molar-refractivity contribution is -0.136. The Morgan fingerprint density at radius 2 is 2.08 bits per heavy atom. The van der Waals surface area contributed by atoms with Crippen LogP contribution in [0.1, 0.15) is 47.9 Å². The molecule has 212 valence electrons. The van der Waals surface area contributed by atoms with Crippen molar-refractivity contribution in [3.8, 4) is 11.9 Å². The number of pyridine rings is 2. The number of thioether (sulfide) groups is 1. The second kappa shape index (κ2) is 12.4. The first-order chi connectivity index (χ1) is 19.4. The van der Waals surface area contributed by atoms with E-state index in [1.807, 2.05) is 40.7 Å². The van der Waals surface area contributed by atoms with Crippen LogP contribution in [0.4, 0.5) is 16.4 Å². The Hall–Kier alpha value is -3.36. The summed E-state index contributed by atoms with van der Waals surface area (Å²) < 4.78 is 5.62. The number of nitriles is 1. The van der Waals surface area contributed by atoms with Gasteiger partial charge in [-0.2, -0.15) is 22.0 Å². The average molecular weight is 564 g/mol. The molecular weight excluding hydrogens is 526 g/mol. The predicted molar refractivity (Wildman–Crippen MR) is 156 cm³/mol. The van der Waals surface area contributed by atoms with E-state index in [-0.39, 0.29) is 11.9 Å². The number of hydrogen-bond donors (Lipinski definition) is 1. The number of aromatic nitrogens is 2. The van der Waals surface area contributed by atoms with E-state index in [9.17, 15) is 14.9 Å². The van der Waals surface area contributed by atoms with Gasteiger partial charge in [0.25, 0.3) is 0 Å². The highest BCUT2D eigenvalue weighted by Crippen LogP contribution is 2.37. The van der Waals surface area contributed by atoms with Gasteiger partial charge in [0.05, 0.1) is 25.8 Å². The highest BCUT2D eigenvalue weighted by atomic mass is 32.2. The predicted octanol–water partition coefficient (Wildman–Crippen LogP) is 3.69. The monoisotopic (exact) mass is 563 g/mol. The van der Waals surface area contributed by atoms with Crippen LogP contribution in [-0.2, 0) is 24.2 Å². The quantitative estimate of drug-likeness (QED) is 0.543. The zero-order valence-electron chi connectivity index (χ0n) is 23.5. The van der Waals surface area contributed by atoms with E-state index in [1.165, 1.54) is 12.8 Å². The lowest BCUT2D eigenvalue weighted by atomic mass is 9.95. The molecule has 1 N–H and O–H groups in total. The molecule has 2 fully saturated rings. The molecule has 2 unspecified atom stereocenters. The van der Waals surface area contributed by atoms with Crippen LogP contribution in [0.2, 0.25) is 0 Å². The maximum Gasteiger partial charge on any atom is 0.328 e. The van der Waals surface area contributed by atoms with Crippen molar-refractivity contribution in [3.05, 3.63) is 40.6 Å². The molecule has 2 aromatic heterocycles. The fraction of sp³-hybridized carbons (Fsp3) is 0.552. The number of hydrogen-bond acceptors (Lipinski definition) is 8. The molecule has 2 atom stereocenters. The van der Waals surface area contributed by atoms with Gasteiger partial charge in [0.15, 0.2) is 0 Å². The Morgan fingerprint density at radius 1 is 1.23 bits per heavy atom. The van der Waals surface area contributed by atoms with Crippen molar-refractivity contribution in [2.45, 2.75) is 50.3 Å². The van der Waals surface area contributed by atoms with E-state index < -0.39 is 0 Å². The van der Waals surface area contributed by atoms with Gasteiger partial charge in [-0.05, 0) is 74.6 Å². The van der Waals surface area contributed by atoms with Gasteiger partial charge in [-0.15, -0.1) is 0 Å². The molecule has 40 heavy (non-hydrogen) atoms. The van der Waals surface area contributed by atoms with Crippen molar-refractivity contribution in [3.63, 3.8) is 0 Å². The summed E-state index contributed by atoms with van der Waals surface area (Å²) in [6.07, 6.45) is 9.69. The number of likely N-dealkylation sites (N-methyl/N-ethyl adjacent to an activating group) is 1. The molecule has 0 bridgehead atoms. The van der Waals surface area contributed by atoms with E-state index in [4.69, 9.17) is 9.72 Å². The molecule has 2 aromatic rings. The van der Waals surface area contributed by atoms with E-state index in [0.29, 0.717) is 60.4 Å². The number of nitrogens with one attached hydrogen (secondary N) is 1. The van der Waals surface area contributed by atoms with E-state index in [0.717, 1.165) is 48.9 Å². The van der Waals surface area contributed by atoms with Gasteiger partial charge in [0.2, 0.25) is 11.8 Å². The van der Waals surface area contributed by atoms with Gasteiger partial charge in [-0.1, -0.05) is 6.42 Å². The molecule has 11 heteroatoms. The molecule has 1 saturated carbocycles. The van der Waals surface area contributed by atoms with Crippen LogP contribution in [0.5, 0.6) is 5.88 Å². The highest BCUT2D eigenvalue weighted by molar-refractivity contribution is 7.99. The Kier molecular flexibility index (Phi) is 8.76. The number of carbonyl (C=O) groups excluding carboxylic acids is 2. The highest BCUT2D eigenvalue weighted by Gasteiger charge is 2.30. The number of fused-ring (bicyclic) bond motifs is 1. The zero-order chi connectivity index (χ0) is 28.2. The van der Waals surface area contributed by atoms with E-state index in [1.54, 1.807) is 18.2 Å². The van der Waals surface area contributed by atoms with Crippen molar-refractivity contribution >= 4 is 35.3 Å². The standard InChI is InChI=1S/C29H37N7O3S/c1-34-10-11-35(26(37)18-34)17-22-13-20-7-5-9-36(27(20)33-28(22)39-2)29(38)32-25-14-21(23(15-30)16-31-25)12-19-6-4-8-24(19)40-3/h13-14,16,19,24H,4-12,17-18H2,1-3H3,(H,31,32,38). The fourth-order valence-electron chi connectivity index (χ4n) is 6.06. The summed E-state index contributed by atoms with van der Waals surface area (Å²) in [7, 11) is 3.51. The Morgan fingerprint density at radius 3 is 2.83 bits per heavy atom. The van der Waals surface area contributed by atoms with Crippen LogP contribution in [0, 0.1) is 17.2 Å². The smallest absolute Gasteiger partial charge is 0.328 e. The lowest BCUT2D eigenvalue weighted by Gasteiger charge is -2.33. The topological polar surface area (TPSA) is 115 Å². The normalized spacial score (nSPS) is 21.2. The number of methoxy groups -OCH3 is 1. The molecule has 0 aromatic carbocycles. The van der Waals surface area contributed by atoms with Gasteiger partial charge < -0.3 is 9.64 Å². The van der Waals surface area contributed by atoms with E-state index in [2.05, 4.69) is 22.6 Å². The molecular formula is C29H37N7O3S. The first kappa shape index (κ1) is 28.2. The van der Waals surface area contributed by atoms with E-state index >= 15 is 0 Å². The summed E-state index contributed by atoms with van der Waals surface area (Å²) in [5, 5.41) is 13.2. The Bertz CT molecular complexity index is 1310. The first-order valence-corrected chi connectivity index (χ1v) is 15.2. The summed E-state index contributed by atoms with van der Waals surface area (Å²) in [5.74, 6) is 2.03. The maximum atomic E-state index is 13.5. The van der Waals surface area contributed by atoms with Crippen LogP contribution in [0.3, 0.4) is 0 Å². The van der Waals surface area contributed by atoms with Crippen LogP contribution in [0.25, 0.3) is 0 Å². The summed E-state index contributed by atoms with van der Waals surface area (Å²) >= 11 is 1.90. The first-order valence-electron chi connectivity index (χ1n) is 13.9. The Labute approximate surface area is 240 Å². The summed E-state index contributed by atoms with van der Waals surface area (Å²) in [6.45, 7) is 2.83. The minimum absolute atomic E-state index is 0.0840. The lowest BCUT2D eigenvalue weighted by Crippen LogP contribution is -2.48. The third kappa shape index (κ3) is 6.03. The molecule has 3 aliphatic rings. The molecule has 5 rings (SSSR count). The SMILES string of the molecule is COc1nc2c(cc1CN1CCN(C)CC1=O)CCCN2C(=O)Nc1cc(CC2CCCC2SC)c(C#N)cn1. The third-order valence-corrected chi connectivity index (χ3v) is 9.46. The number of nitrogens with zero attached hydrogens (tertiary/aromatic N) is 6. The molecule has 10 nitrogen and oxygen atoms in total. The number of rotatable bonds is 7. The van der Waals surface area contributed by atoms with Crippen LogP contribution in [-0.4, -0.2) is 83.5 Å². The third-order valence-electron chi connectivity index (χ3n) is 8.23. The van der Waals surface area contributed by atoms with Crippen LogP contribution >= 0.6 is 11.8 Å².